The normalized spacial score (nSPS) is 11.1. The lowest BCUT2D eigenvalue weighted by molar-refractivity contribution is -0.119. The summed E-state index contributed by atoms with van der Waals surface area (Å²) in [4.78, 5) is 12.2. The minimum atomic E-state index is -3.65. The number of aryl methyl sites for hydroxylation is 2. The zero-order chi connectivity index (χ0) is 20.0. The Bertz CT molecular complexity index is 898. The molecule has 0 atom stereocenters. The molecule has 0 bridgehead atoms. The number of nitrogens with one attached hydrogen (secondary N) is 1. The number of nitrogens with zero attached hydrogens (tertiary/aromatic N) is 1. The smallest absolute Gasteiger partial charge is 0.240 e. The molecule has 2 aromatic carbocycles. The molecule has 0 aliphatic rings. The van der Waals surface area contributed by atoms with E-state index in [2.05, 4.69) is 5.32 Å². The molecule has 146 valence electrons. The van der Waals surface area contributed by atoms with E-state index in [1.165, 1.54) is 6.07 Å². The number of rotatable bonds is 8. The first-order valence-electron chi connectivity index (χ1n) is 8.37. The highest BCUT2D eigenvalue weighted by atomic mass is 35.5. The van der Waals surface area contributed by atoms with Gasteiger partial charge in [-0.05, 0) is 43.7 Å². The van der Waals surface area contributed by atoms with Crippen molar-refractivity contribution >= 4 is 33.2 Å². The average Bonchev–Trinajstić information content (AvgIpc) is 2.59. The fourth-order valence-electron chi connectivity index (χ4n) is 2.41. The quantitative estimate of drug-likeness (QED) is 0.679. The van der Waals surface area contributed by atoms with Crippen LogP contribution in [0.25, 0.3) is 0 Å². The zero-order valence-corrected chi connectivity index (χ0v) is 17.1. The summed E-state index contributed by atoms with van der Waals surface area (Å²) < 4.78 is 30.9. The van der Waals surface area contributed by atoms with E-state index >= 15 is 0 Å². The number of halogens is 1. The molecular weight excluding hydrogens is 388 g/mol. The van der Waals surface area contributed by atoms with Gasteiger partial charge in [0, 0.05) is 5.02 Å². The van der Waals surface area contributed by atoms with Crippen LogP contribution < -0.4 is 14.4 Å². The Balaban J connectivity index is 1.94. The molecule has 0 saturated carbocycles. The number of carbonyl (C=O) groups is 1. The highest BCUT2D eigenvalue weighted by molar-refractivity contribution is 7.92. The van der Waals surface area contributed by atoms with E-state index in [0.717, 1.165) is 16.1 Å². The second-order valence-electron chi connectivity index (χ2n) is 6.21. The van der Waals surface area contributed by atoms with Crippen LogP contribution in [0.2, 0.25) is 5.02 Å². The van der Waals surface area contributed by atoms with Crippen LogP contribution in [-0.2, 0) is 14.8 Å². The molecule has 0 aliphatic heterocycles. The van der Waals surface area contributed by atoms with Gasteiger partial charge in [0.15, 0.2) is 0 Å². The lowest BCUT2D eigenvalue weighted by Gasteiger charge is -2.23. The summed E-state index contributed by atoms with van der Waals surface area (Å²) in [6, 6.07) is 12.5. The summed E-state index contributed by atoms with van der Waals surface area (Å²) >= 11 is 5.98. The lowest BCUT2D eigenvalue weighted by atomic mass is 10.2. The Morgan fingerprint density at radius 3 is 2.44 bits per heavy atom. The minimum Gasteiger partial charge on any atom is -0.492 e. The molecule has 27 heavy (non-hydrogen) atoms. The summed E-state index contributed by atoms with van der Waals surface area (Å²) in [7, 11) is -3.65. The number of hydrogen-bond acceptors (Lipinski definition) is 4. The Morgan fingerprint density at radius 1 is 1.15 bits per heavy atom. The third-order valence-corrected chi connectivity index (χ3v) is 5.20. The molecule has 0 fully saturated rings. The highest BCUT2D eigenvalue weighted by Gasteiger charge is 2.22. The SMILES string of the molecule is Cc1ccc(OCCNC(=O)CN(c2cc(Cl)ccc2C)S(C)(=O)=O)cc1. The van der Waals surface area contributed by atoms with Crippen molar-refractivity contribution in [1.29, 1.82) is 0 Å². The number of anilines is 1. The van der Waals surface area contributed by atoms with E-state index in [1.807, 2.05) is 31.2 Å². The van der Waals surface area contributed by atoms with Crippen molar-refractivity contribution in [3.05, 3.63) is 58.6 Å². The van der Waals surface area contributed by atoms with Crippen LogP contribution in [0.4, 0.5) is 5.69 Å². The molecule has 1 amide bonds. The largest absolute Gasteiger partial charge is 0.492 e. The van der Waals surface area contributed by atoms with Gasteiger partial charge in [0.1, 0.15) is 18.9 Å². The van der Waals surface area contributed by atoms with E-state index in [-0.39, 0.29) is 19.7 Å². The van der Waals surface area contributed by atoms with Gasteiger partial charge in [-0.25, -0.2) is 8.42 Å². The minimum absolute atomic E-state index is 0.263. The number of sulfonamides is 1. The molecule has 0 aliphatic carbocycles. The first-order valence-corrected chi connectivity index (χ1v) is 10.6. The summed E-state index contributed by atoms with van der Waals surface area (Å²) in [6.45, 7) is 3.96. The number of hydrogen-bond donors (Lipinski definition) is 1. The van der Waals surface area contributed by atoms with Crippen molar-refractivity contribution in [2.24, 2.45) is 0 Å². The fourth-order valence-corrected chi connectivity index (χ4v) is 3.48. The first kappa shape index (κ1) is 21.1. The third-order valence-electron chi connectivity index (χ3n) is 3.84. The van der Waals surface area contributed by atoms with Gasteiger partial charge in [-0.3, -0.25) is 9.10 Å². The Labute approximate surface area is 165 Å². The predicted molar refractivity (Wildman–Crippen MR) is 108 cm³/mol. The fraction of sp³-hybridized carbons (Fsp3) is 0.316. The van der Waals surface area contributed by atoms with Gasteiger partial charge in [0.25, 0.3) is 0 Å². The van der Waals surface area contributed by atoms with Gasteiger partial charge in [0.2, 0.25) is 15.9 Å². The zero-order valence-electron chi connectivity index (χ0n) is 15.5. The van der Waals surface area contributed by atoms with Gasteiger partial charge in [-0.15, -0.1) is 0 Å². The molecule has 1 N–H and O–H groups in total. The summed E-state index contributed by atoms with van der Waals surface area (Å²) in [5.74, 6) is 0.287. The van der Waals surface area contributed by atoms with Crippen LogP contribution in [0.5, 0.6) is 5.75 Å². The molecule has 2 aromatic rings. The number of carbonyl (C=O) groups excluding carboxylic acids is 1. The van der Waals surface area contributed by atoms with Gasteiger partial charge in [-0.1, -0.05) is 35.4 Å². The van der Waals surface area contributed by atoms with Crippen molar-refractivity contribution < 1.29 is 17.9 Å². The van der Waals surface area contributed by atoms with E-state index in [9.17, 15) is 13.2 Å². The summed E-state index contributed by atoms with van der Waals surface area (Å²) in [5.41, 5.74) is 2.23. The Morgan fingerprint density at radius 2 is 1.81 bits per heavy atom. The molecule has 0 unspecified atom stereocenters. The number of benzene rings is 2. The standard InChI is InChI=1S/C19H23ClN2O4S/c1-14-4-8-17(9-5-14)26-11-10-21-19(23)13-22(27(3,24)25)18-12-16(20)7-6-15(18)2/h4-9,12H,10-11,13H2,1-3H3,(H,21,23). The Kier molecular flexibility index (Phi) is 7.10. The molecule has 0 saturated heterocycles. The van der Waals surface area contributed by atoms with Crippen LogP contribution in [0.3, 0.4) is 0 Å². The first-order chi connectivity index (χ1) is 12.7. The van der Waals surface area contributed by atoms with E-state index < -0.39 is 15.9 Å². The highest BCUT2D eigenvalue weighted by Crippen LogP contribution is 2.26. The van der Waals surface area contributed by atoms with Crippen LogP contribution in [0, 0.1) is 13.8 Å². The summed E-state index contributed by atoms with van der Waals surface area (Å²) in [5, 5.41) is 3.07. The summed E-state index contributed by atoms with van der Waals surface area (Å²) in [6.07, 6.45) is 1.06. The van der Waals surface area contributed by atoms with Gasteiger partial charge in [-0.2, -0.15) is 0 Å². The third kappa shape index (κ3) is 6.45. The lowest BCUT2D eigenvalue weighted by Crippen LogP contribution is -2.41. The van der Waals surface area contributed by atoms with Crippen LogP contribution in [0.15, 0.2) is 42.5 Å². The Hall–Kier alpha value is -2.25. The topological polar surface area (TPSA) is 75.7 Å². The van der Waals surface area contributed by atoms with Gasteiger partial charge < -0.3 is 10.1 Å². The second-order valence-corrected chi connectivity index (χ2v) is 8.56. The molecule has 0 heterocycles. The van der Waals surface area contributed by atoms with E-state index in [4.69, 9.17) is 16.3 Å². The maximum atomic E-state index is 12.2. The van der Waals surface area contributed by atoms with Gasteiger partial charge in [0.05, 0.1) is 18.5 Å². The predicted octanol–water partition coefficient (Wildman–Crippen LogP) is 2.92. The molecule has 0 radical (unpaired) electrons. The molecular formula is C19H23ClN2O4S. The van der Waals surface area contributed by atoms with Crippen molar-refractivity contribution in [3.8, 4) is 5.75 Å². The molecule has 8 heteroatoms. The maximum Gasteiger partial charge on any atom is 0.240 e. The van der Waals surface area contributed by atoms with Crippen LogP contribution >= 0.6 is 11.6 Å². The molecule has 0 spiro atoms. The molecule has 0 aromatic heterocycles. The number of ether oxygens (including phenoxy) is 1. The van der Waals surface area contributed by atoms with E-state index in [1.54, 1.807) is 19.1 Å². The maximum absolute atomic E-state index is 12.2. The van der Waals surface area contributed by atoms with Crippen molar-refractivity contribution in [3.63, 3.8) is 0 Å². The molecule has 6 nitrogen and oxygen atoms in total. The average molecular weight is 411 g/mol. The van der Waals surface area contributed by atoms with Crippen LogP contribution in [0.1, 0.15) is 11.1 Å². The van der Waals surface area contributed by atoms with E-state index in [0.29, 0.717) is 22.0 Å². The van der Waals surface area contributed by atoms with Crippen molar-refractivity contribution in [1.82, 2.24) is 5.32 Å². The van der Waals surface area contributed by atoms with Crippen molar-refractivity contribution in [2.75, 3.05) is 30.3 Å². The van der Waals surface area contributed by atoms with Crippen LogP contribution in [-0.4, -0.2) is 40.3 Å². The second kappa shape index (κ2) is 9.10. The number of amides is 1. The monoisotopic (exact) mass is 410 g/mol. The molecule has 2 rings (SSSR count). The van der Waals surface area contributed by atoms with Gasteiger partial charge >= 0.3 is 0 Å². The van der Waals surface area contributed by atoms with Crippen molar-refractivity contribution in [2.45, 2.75) is 13.8 Å².